The van der Waals surface area contributed by atoms with Crippen LogP contribution in [0, 0.1) is 41.5 Å². The van der Waals surface area contributed by atoms with E-state index in [1.807, 2.05) is 203 Å². The molecule has 0 radical (unpaired) electrons. The highest BCUT2D eigenvalue weighted by molar-refractivity contribution is 6.10. The Hall–Kier alpha value is -13.8. The number of halogens is 2. The number of ketones is 2. The van der Waals surface area contributed by atoms with Crippen LogP contribution < -0.4 is 50.4 Å². The van der Waals surface area contributed by atoms with E-state index in [9.17, 15) is 64.2 Å². The first-order valence-corrected chi connectivity index (χ1v) is 46.9. The van der Waals surface area contributed by atoms with E-state index in [-0.39, 0.29) is 92.0 Å². The zero-order valence-electron chi connectivity index (χ0n) is 89.1. The summed E-state index contributed by atoms with van der Waals surface area (Å²) in [7, 11) is 0. The molecule has 0 bridgehead atoms. The van der Waals surface area contributed by atoms with Crippen LogP contribution in [0.2, 0.25) is 0 Å². The molecule has 0 saturated carbocycles. The van der Waals surface area contributed by atoms with Crippen molar-refractivity contribution in [3.8, 4) is 40.2 Å². The summed E-state index contributed by atoms with van der Waals surface area (Å²) in [4.78, 5) is 103. The Morgan fingerprint density at radius 1 is 0.301 bits per heavy atom. The van der Waals surface area contributed by atoms with Gasteiger partial charge >= 0.3 is 29.8 Å². The Balaban J connectivity index is 0.000000437. The zero-order valence-corrected chi connectivity index (χ0v) is 90.7. The first-order chi connectivity index (χ1) is 65.3. The molecule has 11 rings (SSSR count). The second-order valence-electron chi connectivity index (χ2n) is 41.5. The fourth-order valence-corrected chi connectivity index (χ4v) is 14.1. The molecule has 0 aliphatic carbocycles. The van der Waals surface area contributed by atoms with Crippen LogP contribution in [-0.4, -0.2) is 77.2 Å². The molecule has 0 aliphatic heterocycles. The number of phenolic OH excluding ortho intramolecular Hbond substituents is 7. The normalized spacial score (nSPS) is 11.0. The number of carbonyl (C=O) groups is 7. The highest BCUT2D eigenvalue weighted by Gasteiger charge is 2.32. The maximum Gasteiger partial charge on any atom is 0.329 e. The Labute approximate surface area is 857 Å². The second kappa shape index (κ2) is 54.4. The minimum atomic E-state index is -0.414. The number of aryl methyl sites for hydroxylation is 7. The smallest absolute Gasteiger partial charge is 0.329 e. The van der Waals surface area contributed by atoms with Crippen LogP contribution in [0.3, 0.4) is 0 Å². The summed E-state index contributed by atoms with van der Waals surface area (Å²) in [6.45, 7) is 62.4. The van der Waals surface area contributed by atoms with Gasteiger partial charge in [0.2, 0.25) is 0 Å². The Kier molecular flexibility index (Phi) is 47.0. The largest absolute Gasteiger partial charge is 1.00 e. The summed E-state index contributed by atoms with van der Waals surface area (Å²) in [5.74, 6) is 0.0328. The summed E-state index contributed by atoms with van der Waals surface area (Å²) in [5, 5.41) is 74.6. The minimum Gasteiger partial charge on any atom is -1.00 e. The second-order valence-corrected chi connectivity index (χ2v) is 41.5. The summed E-state index contributed by atoms with van der Waals surface area (Å²) < 4.78 is 0. The Bertz CT molecular complexity index is 5850. The lowest BCUT2D eigenvalue weighted by molar-refractivity contribution is -0.588. The fourth-order valence-electron chi connectivity index (χ4n) is 14.1. The zero-order chi connectivity index (χ0) is 106. The average molecular weight is 2010 g/mol. The maximum absolute atomic E-state index is 13.3. The summed E-state index contributed by atoms with van der Waals surface area (Å²) in [6, 6.07) is 60.1. The number of benzene rings is 11. The third kappa shape index (κ3) is 40.3. The van der Waals surface area contributed by atoms with Crippen molar-refractivity contribution >= 4 is 93.6 Å². The highest BCUT2D eigenvalue weighted by atomic mass is 35.5. The summed E-state index contributed by atoms with van der Waals surface area (Å²) >= 11 is 0. The molecular weight excluding hydrogens is 1850 g/mol. The van der Waals surface area contributed by atoms with Crippen molar-refractivity contribution in [2.45, 2.75) is 279 Å². The van der Waals surface area contributed by atoms with Gasteiger partial charge in [-0.15, -0.1) is 12.4 Å². The molecule has 28 heteroatoms. The predicted molar refractivity (Wildman–Crippen MR) is 568 cm³/mol. The topological polar surface area (TPSA) is 401 Å². The minimum absolute atomic E-state index is 0. The van der Waals surface area contributed by atoms with Crippen LogP contribution in [0.25, 0.3) is 0 Å². The van der Waals surface area contributed by atoms with E-state index < -0.39 is 29.8 Å². The van der Waals surface area contributed by atoms with E-state index >= 15 is 0 Å². The van der Waals surface area contributed by atoms with Crippen molar-refractivity contribution in [2.24, 2.45) is 0 Å². The number of phenols is 7. The van der Waals surface area contributed by atoms with E-state index in [2.05, 4.69) is 152 Å². The number of quaternary nitrogens is 2. The van der Waals surface area contributed by atoms with Gasteiger partial charge in [-0.1, -0.05) is 205 Å². The molecule has 0 fully saturated rings. The lowest BCUT2D eigenvalue weighted by Gasteiger charge is -2.28. The molecule has 774 valence electrons. The molecule has 143 heavy (non-hydrogen) atoms. The monoisotopic (exact) mass is 2010 g/mol. The SMILES string of the molecule is CC(=O)ONc1cc(C(C)(C)C)c(O)c(C(C)(C)C)c1.CC(=O)ONc1cc(C(C)(C)C)c(O)c(C(C)(C)C)c1.CC(=O)ONc1cc(C)c(O)c(C)c1.CC(=O)ONc1ccc(O)cc1.CCc1cc(NOC(C)=O)cc(C(C)C)c1O.Cc1ccc(C[NH2+]c2ccc(C(=O)c3cc(C(C)(C)C)c(O)c(C(C)(C)C)c3)cc2)cc1.Cc1ccc(C[NH2+]c2ccc(C(=O)c3cc(C)c(O)c(C)c3)cc2)cc1.Cl.[Cl-]. The number of nitrogens with two attached hydrogens (primary N) is 2. The Morgan fingerprint density at radius 2 is 0.552 bits per heavy atom. The van der Waals surface area contributed by atoms with Crippen molar-refractivity contribution < 1.29 is 117 Å². The molecule has 0 aromatic heterocycles. The van der Waals surface area contributed by atoms with Crippen molar-refractivity contribution in [1.82, 2.24) is 0 Å². The van der Waals surface area contributed by atoms with Gasteiger partial charge in [0.1, 0.15) is 64.7 Å². The number of nitrogens with one attached hydrogen (secondary N) is 5. The van der Waals surface area contributed by atoms with Crippen molar-refractivity contribution in [1.29, 1.82) is 0 Å². The standard InChI is InChI=1S/C29H35NO2.C23H23NO2.2C16H25NO3.C13H19NO3.C10H13NO3.C8H9NO3.2ClH/c1-19-8-10-20(11-9-19)18-30-23-14-12-21(13-15-23)26(31)22-16-24(28(2,3)4)27(32)25(17-22)29(5,6)7;1-15-4-6-18(7-5-15)14-24-21-10-8-19(9-11-21)23(26)20-12-16(2)22(25)17(3)13-20;2*1-10(18)20-17-11-8-12(15(2,3)4)14(19)13(9-11)16(5,6)7;1-5-10-6-11(14-17-9(4)15)7-12(8(2)3)13(10)16;1-6-4-9(11-14-8(3)12)5-7(2)10(6)13;1-6(10)12-9-7-2-4-8(11)5-3-7;;/h8-17,30,32H,18H2,1-7H3;4-13,24-25H,14H2,1-3H3;2*8-9,17,19H,1-7H3;6-8,14,16H,5H2,1-4H3;4-5,11,13H,1-3H3;2-5,9,11H,1H3;2*1H/p+1. The molecular formula is C115H152Cl2N7O19+. The lowest BCUT2D eigenvalue weighted by Crippen LogP contribution is -3.00. The Morgan fingerprint density at radius 3 is 0.818 bits per heavy atom. The quantitative estimate of drug-likeness (QED) is 0.00985. The van der Waals surface area contributed by atoms with Gasteiger partial charge in [-0.25, -0.2) is 27.4 Å². The van der Waals surface area contributed by atoms with E-state index in [1.54, 1.807) is 62.4 Å². The molecule has 0 aliphatic rings. The molecule has 0 spiro atoms. The lowest BCUT2D eigenvalue weighted by atomic mass is 9.77. The third-order valence-electron chi connectivity index (χ3n) is 22.1. The van der Waals surface area contributed by atoms with Gasteiger partial charge < -0.3 is 83.0 Å². The first kappa shape index (κ1) is 123. The van der Waals surface area contributed by atoms with Crippen LogP contribution in [0.15, 0.2) is 194 Å². The van der Waals surface area contributed by atoms with Gasteiger partial charge in [-0.2, -0.15) is 0 Å². The molecule has 0 atom stereocenters. The van der Waals surface area contributed by atoms with E-state index in [0.717, 1.165) is 97.6 Å². The van der Waals surface area contributed by atoms with E-state index in [4.69, 9.17) is 19.6 Å². The van der Waals surface area contributed by atoms with Crippen LogP contribution in [-0.2, 0) is 100 Å². The van der Waals surface area contributed by atoms with Gasteiger partial charge in [-0.05, 0) is 265 Å². The van der Waals surface area contributed by atoms with Gasteiger partial charge in [0.15, 0.2) is 11.6 Å². The van der Waals surface area contributed by atoms with Gasteiger partial charge in [0, 0.05) is 101 Å². The van der Waals surface area contributed by atoms with E-state index in [0.29, 0.717) is 73.7 Å². The van der Waals surface area contributed by atoms with Crippen molar-refractivity contribution in [2.75, 3.05) is 27.4 Å². The van der Waals surface area contributed by atoms with Crippen molar-refractivity contribution in [3.63, 3.8) is 0 Å². The highest BCUT2D eigenvalue weighted by Crippen LogP contribution is 2.45. The average Bonchev–Trinajstić information content (AvgIpc) is 0.791. The van der Waals surface area contributed by atoms with Crippen LogP contribution >= 0.6 is 12.4 Å². The van der Waals surface area contributed by atoms with Gasteiger partial charge in [0.05, 0.1) is 28.4 Å². The van der Waals surface area contributed by atoms with Crippen LogP contribution in [0.1, 0.15) is 307 Å². The number of rotatable bonds is 22. The number of carbonyl (C=O) groups excluding carboxylic acids is 7. The first-order valence-electron chi connectivity index (χ1n) is 46.9. The van der Waals surface area contributed by atoms with Crippen LogP contribution in [0.5, 0.6) is 40.2 Å². The van der Waals surface area contributed by atoms with Crippen LogP contribution in [0.4, 0.5) is 39.8 Å². The molecule has 26 nitrogen and oxygen atoms in total. The third-order valence-corrected chi connectivity index (χ3v) is 22.1. The molecule has 11 aromatic rings. The molecule has 0 saturated heterocycles. The van der Waals surface area contributed by atoms with Crippen molar-refractivity contribution in [3.05, 3.63) is 305 Å². The number of aromatic hydroxyl groups is 7. The fraction of sp³-hybridized carbons (Fsp3) is 0.365. The number of hydrogen-bond donors (Lipinski definition) is 14. The molecule has 0 heterocycles. The maximum atomic E-state index is 13.3. The summed E-state index contributed by atoms with van der Waals surface area (Å²) in [5.41, 5.74) is 33.9. The number of anilines is 5. The van der Waals surface area contributed by atoms with Gasteiger partial charge in [0.25, 0.3) is 0 Å². The number of hydrogen-bond acceptors (Lipinski definition) is 24. The molecule has 11 aromatic carbocycles. The predicted octanol–water partition coefficient (Wildman–Crippen LogP) is 21.2. The van der Waals surface area contributed by atoms with E-state index in [1.165, 1.54) is 69.0 Å². The molecule has 16 N–H and O–H groups in total. The van der Waals surface area contributed by atoms with Gasteiger partial charge in [-0.3, -0.25) is 33.6 Å². The molecule has 0 amide bonds. The molecule has 0 unspecified atom stereocenters. The summed E-state index contributed by atoms with van der Waals surface area (Å²) in [6.07, 6.45) is 0.723.